The molecule has 0 radical (unpaired) electrons. The van der Waals surface area contributed by atoms with Crippen LogP contribution in [0.5, 0.6) is 0 Å². The molecule has 96 valence electrons. The molecule has 16 heavy (non-hydrogen) atoms. The van der Waals surface area contributed by atoms with Gasteiger partial charge in [0, 0.05) is 18.3 Å². The molecule has 0 aromatic carbocycles. The van der Waals surface area contributed by atoms with E-state index in [2.05, 4.69) is 0 Å². The summed E-state index contributed by atoms with van der Waals surface area (Å²) in [5.41, 5.74) is 0. The van der Waals surface area contributed by atoms with Gasteiger partial charge in [0.2, 0.25) is 5.91 Å². The fourth-order valence-corrected chi connectivity index (χ4v) is 1.69. The van der Waals surface area contributed by atoms with E-state index >= 15 is 0 Å². The van der Waals surface area contributed by atoms with Crippen LogP contribution < -0.4 is 0 Å². The lowest BCUT2D eigenvalue weighted by atomic mass is 10.0. The molecule has 6 heteroatoms. The SMILES string of the molecule is CCC(CC)C(=O)N(CCCl)CC(F)(F)F. The minimum Gasteiger partial charge on any atom is -0.332 e. The monoisotopic (exact) mass is 259 g/mol. The first-order valence-electron chi connectivity index (χ1n) is 5.27. The summed E-state index contributed by atoms with van der Waals surface area (Å²) in [5, 5.41) is 0. The zero-order chi connectivity index (χ0) is 12.8. The molecule has 0 aliphatic heterocycles. The maximum absolute atomic E-state index is 12.2. The van der Waals surface area contributed by atoms with E-state index in [1.807, 2.05) is 0 Å². The number of nitrogens with zero attached hydrogens (tertiary/aromatic N) is 1. The van der Waals surface area contributed by atoms with Crippen LogP contribution in [-0.2, 0) is 4.79 Å². The third-order valence-corrected chi connectivity index (χ3v) is 2.54. The van der Waals surface area contributed by atoms with E-state index < -0.39 is 18.6 Å². The Hall–Kier alpha value is -0.450. The molecule has 0 unspecified atom stereocenters. The topological polar surface area (TPSA) is 20.3 Å². The van der Waals surface area contributed by atoms with Crippen molar-refractivity contribution in [1.29, 1.82) is 0 Å². The standard InChI is InChI=1S/C10H17ClF3NO/c1-3-8(4-2)9(16)15(6-5-11)7-10(12,13)14/h8H,3-7H2,1-2H3. The number of hydrogen-bond donors (Lipinski definition) is 0. The zero-order valence-corrected chi connectivity index (χ0v) is 10.2. The molecule has 0 atom stereocenters. The van der Waals surface area contributed by atoms with Crippen molar-refractivity contribution in [3.63, 3.8) is 0 Å². The molecule has 0 aromatic rings. The van der Waals surface area contributed by atoms with Gasteiger partial charge in [-0.2, -0.15) is 13.2 Å². The first-order chi connectivity index (χ1) is 7.35. The van der Waals surface area contributed by atoms with Crippen LogP contribution in [-0.4, -0.2) is 36.0 Å². The van der Waals surface area contributed by atoms with Gasteiger partial charge in [-0.15, -0.1) is 11.6 Å². The summed E-state index contributed by atoms with van der Waals surface area (Å²) in [4.78, 5) is 12.5. The van der Waals surface area contributed by atoms with Crippen molar-refractivity contribution in [3.8, 4) is 0 Å². The number of carbonyl (C=O) groups is 1. The highest BCUT2D eigenvalue weighted by Crippen LogP contribution is 2.19. The summed E-state index contributed by atoms with van der Waals surface area (Å²) in [6.07, 6.45) is -3.27. The minimum absolute atomic E-state index is 0.0158. The van der Waals surface area contributed by atoms with Crippen molar-refractivity contribution in [2.24, 2.45) is 5.92 Å². The van der Waals surface area contributed by atoms with Crippen LogP contribution >= 0.6 is 11.6 Å². The van der Waals surface area contributed by atoms with Crippen LogP contribution in [0.2, 0.25) is 0 Å². The normalized spacial score (nSPS) is 11.9. The van der Waals surface area contributed by atoms with E-state index in [4.69, 9.17) is 11.6 Å². The van der Waals surface area contributed by atoms with Crippen LogP contribution in [0.25, 0.3) is 0 Å². The number of amides is 1. The fourth-order valence-electron chi connectivity index (χ4n) is 1.48. The highest BCUT2D eigenvalue weighted by molar-refractivity contribution is 6.18. The Balaban J connectivity index is 4.57. The van der Waals surface area contributed by atoms with Crippen molar-refractivity contribution >= 4 is 17.5 Å². The lowest BCUT2D eigenvalue weighted by molar-refractivity contribution is -0.163. The van der Waals surface area contributed by atoms with Gasteiger partial charge in [0.25, 0.3) is 0 Å². The van der Waals surface area contributed by atoms with Gasteiger partial charge >= 0.3 is 6.18 Å². The Morgan fingerprint density at radius 3 is 2.12 bits per heavy atom. The molecule has 0 aliphatic rings. The number of alkyl halides is 4. The zero-order valence-electron chi connectivity index (χ0n) is 9.48. The maximum atomic E-state index is 12.2. The lowest BCUT2D eigenvalue weighted by Gasteiger charge is -2.26. The molecule has 0 aliphatic carbocycles. The smallest absolute Gasteiger partial charge is 0.332 e. The third kappa shape index (κ3) is 5.58. The third-order valence-electron chi connectivity index (χ3n) is 2.37. The molecular formula is C10H17ClF3NO. The largest absolute Gasteiger partial charge is 0.406 e. The summed E-state index contributed by atoms with van der Waals surface area (Å²) in [6.45, 7) is 2.31. The van der Waals surface area contributed by atoms with Crippen LogP contribution in [0.1, 0.15) is 26.7 Å². The van der Waals surface area contributed by atoms with Crippen LogP contribution in [0, 0.1) is 5.92 Å². The Morgan fingerprint density at radius 1 is 1.31 bits per heavy atom. The van der Waals surface area contributed by atoms with E-state index in [0.29, 0.717) is 12.8 Å². The molecule has 0 spiro atoms. The van der Waals surface area contributed by atoms with Crippen molar-refractivity contribution in [3.05, 3.63) is 0 Å². The molecule has 1 amide bonds. The van der Waals surface area contributed by atoms with Gasteiger partial charge in [0.1, 0.15) is 6.54 Å². The van der Waals surface area contributed by atoms with Gasteiger partial charge in [-0.25, -0.2) is 0 Å². The van der Waals surface area contributed by atoms with Crippen molar-refractivity contribution in [1.82, 2.24) is 4.90 Å². The van der Waals surface area contributed by atoms with Gasteiger partial charge in [0.05, 0.1) is 0 Å². The first-order valence-corrected chi connectivity index (χ1v) is 5.80. The average Bonchev–Trinajstić information content (AvgIpc) is 2.17. The Morgan fingerprint density at radius 2 is 1.81 bits per heavy atom. The van der Waals surface area contributed by atoms with Crippen LogP contribution in [0.4, 0.5) is 13.2 Å². The van der Waals surface area contributed by atoms with Crippen molar-refractivity contribution < 1.29 is 18.0 Å². The van der Waals surface area contributed by atoms with E-state index in [1.165, 1.54) is 0 Å². The second kappa shape index (κ2) is 6.99. The molecule has 0 bridgehead atoms. The molecule has 0 rings (SSSR count). The fraction of sp³-hybridized carbons (Fsp3) is 0.900. The van der Waals surface area contributed by atoms with E-state index in [0.717, 1.165) is 4.90 Å². The Kier molecular flexibility index (Phi) is 6.79. The van der Waals surface area contributed by atoms with Gasteiger partial charge in [-0.05, 0) is 12.8 Å². The molecule has 0 saturated heterocycles. The molecule has 2 nitrogen and oxygen atoms in total. The Bertz CT molecular complexity index is 217. The summed E-state index contributed by atoms with van der Waals surface area (Å²) in [5.74, 6) is -0.782. The summed E-state index contributed by atoms with van der Waals surface area (Å²) >= 11 is 5.40. The molecule has 0 fully saturated rings. The van der Waals surface area contributed by atoms with Gasteiger partial charge in [0.15, 0.2) is 0 Å². The average molecular weight is 260 g/mol. The van der Waals surface area contributed by atoms with Gasteiger partial charge in [-0.3, -0.25) is 4.79 Å². The predicted octanol–water partition coefficient (Wildman–Crippen LogP) is 3.05. The number of carbonyl (C=O) groups excluding carboxylic acids is 1. The summed E-state index contributed by atoms with van der Waals surface area (Å²) in [6, 6.07) is 0. The van der Waals surface area contributed by atoms with Crippen LogP contribution in [0.3, 0.4) is 0 Å². The lowest BCUT2D eigenvalue weighted by Crippen LogP contribution is -2.43. The molecule has 0 saturated carbocycles. The second-order valence-corrected chi connectivity index (χ2v) is 3.96. The molecular weight excluding hydrogens is 243 g/mol. The highest BCUT2D eigenvalue weighted by atomic mass is 35.5. The van der Waals surface area contributed by atoms with Crippen molar-refractivity contribution in [2.45, 2.75) is 32.9 Å². The maximum Gasteiger partial charge on any atom is 0.406 e. The number of rotatable bonds is 6. The molecule has 0 N–H and O–H groups in total. The van der Waals surface area contributed by atoms with Crippen LogP contribution in [0.15, 0.2) is 0 Å². The highest BCUT2D eigenvalue weighted by Gasteiger charge is 2.34. The van der Waals surface area contributed by atoms with Gasteiger partial charge < -0.3 is 4.90 Å². The van der Waals surface area contributed by atoms with Gasteiger partial charge in [-0.1, -0.05) is 13.8 Å². The predicted molar refractivity (Wildman–Crippen MR) is 57.4 cm³/mol. The van der Waals surface area contributed by atoms with E-state index in [9.17, 15) is 18.0 Å². The molecule has 0 heterocycles. The Labute approximate surface area is 98.7 Å². The minimum atomic E-state index is -4.37. The van der Waals surface area contributed by atoms with E-state index in [-0.39, 0.29) is 18.3 Å². The molecule has 0 aromatic heterocycles. The number of hydrogen-bond acceptors (Lipinski definition) is 1. The first kappa shape index (κ1) is 15.6. The number of halogens is 4. The summed E-state index contributed by atoms with van der Waals surface area (Å²) < 4.78 is 36.7. The van der Waals surface area contributed by atoms with Crippen molar-refractivity contribution in [2.75, 3.05) is 19.0 Å². The quantitative estimate of drug-likeness (QED) is 0.672. The van der Waals surface area contributed by atoms with E-state index in [1.54, 1.807) is 13.8 Å². The summed E-state index contributed by atoms with van der Waals surface area (Å²) in [7, 11) is 0. The second-order valence-electron chi connectivity index (χ2n) is 3.58.